The molecule has 11 N–H and O–H groups in total. The highest BCUT2D eigenvalue weighted by Gasteiger charge is 2.60. The summed E-state index contributed by atoms with van der Waals surface area (Å²) in [5.41, 5.74) is 9.97. The number of carbonyl (C=O) groups is 4. The fraction of sp³-hybridized carbons (Fsp3) is 0.579. The molecule has 0 aliphatic carbocycles. The number of H-pyrrole nitrogens is 2. The lowest BCUT2D eigenvalue weighted by atomic mass is 10.1. The molecule has 74 heavy (non-hydrogen) atoms. The van der Waals surface area contributed by atoms with Crippen LogP contribution in [0.15, 0.2) is 34.4 Å². The van der Waals surface area contributed by atoms with Crippen LogP contribution in [-0.4, -0.2) is 198 Å². The van der Waals surface area contributed by atoms with Crippen LogP contribution in [0.5, 0.6) is 0 Å². The van der Waals surface area contributed by atoms with Crippen molar-refractivity contribution in [3.63, 3.8) is 0 Å². The molecular formula is C38H53N13O19P2S2+2. The van der Waals surface area contributed by atoms with Crippen LogP contribution in [0.1, 0.15) is 25.3 Å². The first-order valence-corrected chi connectivity index (χ1v) is 28.0. The molecule has 8 heterocycles. The van der Waals surface area contributed by atoms with Crippen LogP contribution in [0.4, 0.5) is 11.9 Å². The average molecular weight is 1120 g/mol. The molecule has 8 rings (SSSR count). The summed E-state index contributed by atoms with van der Waals surface area (Å²) in [4.78, 5) is 119. The van der Waals surface area contributed by atoms with Gasteiger partial charge in [0.25, 0.3) is 22.9 Å². The molecule has 0 saturated carbocycles. The number of nitrogens with two attached hydrogens (primary N) is 2. The van der Waals surface area contributed by atoms with E-state index >= 15 is 0 Å². The number of nitrogens with one attached hydrogen (secondary N) is 4. The van der Waals surface area contributed by atoms with Gasteiger partial charge in [-0.15, -0.1) is 0 Å². The lowest BCUT2D eigenvalue weighted by Crippen LogP contribution is -2.48. The second-order valence-corrected chi connectivity index (χ2v) is 22.4. The molecule has 0 aromatic carbocycles. The first-order valence-electron chi connectivity index (χ1n) is 22.6. The van der Waals surface area contributed by atoms with Crippen molar-refractivity contribution in [1.82, 2.24) is 54.6 Å². The largest absolute Gasteiger partial charge is 0.476 e. The quantitative estimate of drug-likeness (QED) is 0.0171. The number of hydrogen-bond acceptors (Lipinski definition) is 27. The molecule has 3 saturated heterocycles. The number of ether oxygens (including phenoxy) is 6. The Balaban J connectivity index is 0.825. The van der Waals surface area contributed by atoms with E-state index in [1.165, 1.54) is 21.8 Å². The third-order valence-corrected chi connectivity index (χ3v) is 14.6. The van der Waals surface area contributed by atoms with Crippen LogP contribution in [0.25, 0.3) is 22.3 Å². The van der Waals surface area contributed by atoms with E-state index in [0.29, 0.717) is 0 Å². The number of amides is 4. The predicted octanol–water partition coefficient (Wildman–Crippen LogP) is -3.04. The topological polar surface area (TPSA) is 428 Å². The molecule has 4 aliphatic heterocycles. The molecule has 4 aliphatic rings. The zero-order valence-corrected chi connectivity index (χ0v) is 42.4. The maximum absolute atomic E-state index is 13.6. The van der Waals surface area contributed by atoms with Crippen molar-refractivity contribution in [3.05, 3.63) is 45.5 Å². The smallest absolute Gasteiger partial charge is 0.385 e. The maximum Gasteiger partial charge on any atom is 0.476 e. The summed E-state index contributed by atoms with van der Waals surface area (Å²) in [5, 5.41) is 17.0. The molecule has 404 valence electrons. The van der Waals surface area contributed by atoms with E-state index in [2.05, 4.69) is 65.0 Å². The summed E-state index contributed by atoms with van der Waals surface area (Å²) < 4.78 is 60.7. The number of nitrogen functional groups attached to an aromatic ring is 2. The minimum absolute atomic E-state index is 0.00472. The van der Waals surface area contributed by atoms with Crippen molar-refractivity contribution in [2.75, 3.05) is 90.6 Å². The van der Waals surface area contributed by atoms with Crippen molar-refractivity contribution in [3.8, 4) is 0 Å². The summed E-state index contributed by atoms with van der Waals surface area (Å²) in [6.07, 6.45) is -5.26. The number of carbonyl (C=O) groups excluding carboxylic acids is 4. The average Bonchev–Trinajstić information content (AvgIpc) is 4.16. The molecule has 3 fully saturated rings. The number of hydrogen-bond donors (Lipinski definition) is 11. The van der Waals surface area contributed by atoms with Gasteiger partial charge in [-0.3, -0.25) is 52.8 Å². The van der Waals surface area contributed by atoms with Crippen LogP contribution in [0.3, 0.4) is 0 Å². The highest BCUT2D eigenvalue weighted by atomic mass is 32.7. The molecular weight excluding hydrogens is 1070 g/mol. The minimum atomic E-state index is -4.28. The maximum atomic E-state index is 13.6. The predicted molar refractivity (Wildman–Crippen MR) is 260 cm³/mol. The molecule has 0 bridgehead atoms. The second-order valence-electron chi connectivity index (χ2n) is 16.4. The molecule has 2 unspecified atom stereocenters. The Kier molecular flexibility index (Phi) is 18.3. The summed E-state index contributed by atoms with van der Waals surface area (Å²) in [6.45, 7) is 0.527. The number of aliphatic hydroxyl groups excluding tert-OH is 1. The normalized spacial score (nSPS) is 28.4. The number of aliphatic hydroxyl groups is 1. The van der Waals surface area contributed by atoms with Crippen molar-refractivity contribution < 1.29 is 80.6 Å². The Morgan fingerprint density at radius 2 is 1.20 bits per heavy atom. The Labute approximate surface area is 428 Å². The standard InChI is InChI=1S/C38H51N13O19P2S2/c39-37-45-31-26(33(57)47-37)42-17-50(31)35-25(44-22(53)4-7-61-9-11-63-13-14-64-12-10-62-8-5-41-21(52)3-6-49-23(54)1-2-24(49)55)29-19(67-35)15-65-72(60,74)70-30-20(16-66-71(59,73)69-29)68-36(28(30)56)51-18-43-27-32(51)46-38(40)48-34(27)58/h1-2,17-20,25,28-30,35-36,56,59-60,73-74H,3-16H2,(H6-2,39,40,41,44,45,46,47,48,52,53,57,58)/p+2/t19-,20-,25-,28-,29-,30-,35-,36-,71?,72?/m1/s1. The van der Waals surface area contributed by atoms with Crippen LogP contribution >= 0.6 is 38.8 Å². The minimum Gasteiger partial charge on any atom is -0.385 e. The highest BCUT2D eigenvalue weighted by Crippen LogP contribution is 2.67. The van der Waals surface area contributed by atoms with E-state index in [1.807, 2.05) is 0 Å². The lowest BCUT2D eigenvalue weighted by Gasteiger charge is -2.27. The zero-order valence-electron chi connectivity index (χ0n) is 38.8. The van der Waals surface area contributed by atoms with Gasteiger partial charge in [0, 0.05) is 38.1 Å². The second kappa shape index (κ2) is 24.4. The van der Waals surface area contributed by atoms with E-state index in [1.54, 1.807) is 0 Å². The van der Waals surface area contributed by atoms with Gasteiger partial charge in [0.1, 0.15) is 37.6 Å². The highest BCUT2D eigenvalue weighted by molar-refractivity contribution is 8.47. The van der Waals surface area contributed by atoms with Crippen LogP contribution in [0, 0.1) is 0 Å². The van der Waals surface area contributed by atoms with Gasteiger partial charge < -0.3 is 55.6 Å². The molecule has 4 aromatic rings. The van der Waals surface area contributed by atoms with Gasteiger partial charge in [-0.05, 0) is 0 Å². The van der Waals surface area contributed by atoms with E-state index in [0.717, 1.165) is 17.1 Å². The zero-order chi connectivity index (χ0) is 52.7. The summed E-state index contributed by atoms with van der Waals surface area (Å²) in [6, 6.07) is -1.27. The Morgan fingerprint density at radius 3 is 1.77 bits per heavy atom. The summed E-state index contributed by atoms with van der Waals surface area (Å²) in [5.74, 6) is -2.30. The summed E-state index contributed by atoms with van der Waals surface area (Å²) in [7, 11) is -8.52. The number of anilines is 2. The van der Waals surface area contributed by atoms with Crippen LogP contribution in [0.2, 0.25) is 0 Å². The molecule has 0 spiro atoms. The van der Waals surface area contributed by atoms with Crippen LogP contribution in [-0.2, 0) is 65.7 Å². The number of aromatic amines is 2. The van der Waals surface area contributed by atoms with Crippen LogP contribution < -0.4 is 33.2 Å². The fourth-order valence-electron chi connectivity index (χ4n) is 7.99. The summed E-state index contributed by atoms with van der Waals surface area (Å²) >= 11 is 8.61. The molecule has 4 amide bonds. The van der Waals surface area contributed by atoms with E-state index in [-0.39, 0.29) is 119 Å². The molecule has 32 nitrogen and oxygen atoms in total. The number of thiol groups is 2. The van der Waals surface area contributed by atoms with Crippen molar-refractivity contribution in [2.45, 2.75) is 61.9 Å². The number of rotatable bonds is 21. The van der Waals surface area contributed by atoms with Gasteiger partial charge in [-0.25, -0.2) is 9.97 Å². The third-order valence-electron chi connectivity index (χ3n) is 11.4. The first-order chi connectivity index (χ1) is 35.4. The molecule has 4 aromatic heterocycles. The molecule has 0 radical (unpaired) electrons. The number of nitrogens with zero attached hydrogens (tertiary/aromatic N) is 7. The van der Waals surface area contributed by atoms with Gasteiger partial charge in [0.15, 0.2) is 47.0 Å². The van der Waals surface area contributed by atoms with Crippen molar-refractivity contribution in [2.24, 2.45) is 0 Å². The van der Waals surface area contributed by atoms with Gasteiger partial charge in [-0.1, -0.05) is 0 Å². The SMILES string of the molecule is Nc1nc2c(ncn2[C@@H]2O[C@@H]3CO[P+](O)(S)O[C@H]4[C@@H](NC(=O)CCOCCOCCOCCOCCNC(=O)CCN5C(=O)C=CC5=O)[C@H](n5cnc6c(=O)[nH]c(N)nc65)O[C@@H]4CO[P+](O)(S)O[C@H]3[C@H]2O)c(=O)[nH]1. The lowest BCUT2D eigenvalue weighted by molar-refractivity contribution is -0.137. The Bertz CT molecular complexity index is 2800. The first kappa shape index (κ1) is 55.4. The van der Waals surface area contributed by atoms with Crippen molar-refractivity contribution >= 4 is 96.6 Å². The molecule has 36 heteroatoms. The van der Waals surface area contributed by atoms with E-state index < -0.39 is 105 Å². The van der Waals surface area contributed by atoms with E-state index in [9.17, 15) is 43.7 Å². The Hall–Kier alpha value is -4.84. The third kappa shape index (κ3) is 13.6. The fourth-order valence-corrected chi connectivity index (χ4v) is 11.0. The number of fused-ring (bicyclic) bond motifs is 4. The monoisotopic (exact) mass is 1120 g/mol. The number of aromatic nitrogens is 8. The van der Waals surface area contributed by atoms with Gasteiger partial charge >= 0.3 is 14.3 Å². The van der Waals surface area contributed by atoms with Gasteiger partial charge in [0.2, 0.25) is 23.7 Å². The van der Waals surface area contributed by atoms with Gasteiger partial charge in [0.05, 0.1) is 90.0 Å². The number of imide groups is 1. The molecule has 10 atom stereocenters. The van der Waals surface area contributed by atoms with E-state index in [4.69, 9.17) is 58.0 Å². The number of imidazole rings is 2. The van der Waals surface area contributed by atoms with Crippen molar-refractivity contribution in [1.29, 1.82) is 0 Å². The van der Waals surface area contributed by atoms with Gasteiger partial charge in [-0.2, -0.15) is 37.8 Å². The Morgan fingerprint density at radius 1 is 0.716 bits per heavy atom.